The molecule has 0 aromatic heterocycles. The highest BCUT2D eigenvalue weighted by Crippen LogP contribution is 2.30. The average molecular weight is 251 g/mol. The van der Waals surface area contributed by atoms with E-state index in [1.165, 1.54) is 13.2 Å². The van der Waals surface area contributed by atoms with Crippen molar-refractivity contribution < 1.29 is 18.3 Å². The third kappa shape index (κ3) is 2.68. The minimum absolute atomic E-state index is 0.0688. The fourth-order valence-corrected chi connectivity index (χ4v) is 1.48. The van der Waals surface area contributed by atoms with Crippen molar-refractivity contribution in [2.45, 2.75) is 0 Å². The van der Waals surface area contributed by atoms with Crippen molar-refractivity contribution in [3.05, 3.63) is 48.0 Å². The van der Waals surface area contributed by atoms with Crippen LogP contribution in [0.1, 0.15) is 0 Å². The van der Waals surface area contributed by atoms with Crippen molar-refractivity contribution in [2.75, 3.05) is 12.8 Å². The van der Waals surface area contributed by atoms with Gasteiger partial charge in [-0.25, -0.2) is 8.78 Å². The molecular weight excluding hydrogens is 240 g/mol. The maximum atomic E-state index is 13.0. The lowest BCUT2D eigenvalue weighted by atomic mass is 10.2. The Balaban J connectivity index is 2.28. The number of anilines is 1. The first-order valence-electron chi connectivity index (χ1n) is 5.16. The number of methoxy groups -OCH3 is 1. The monoisotopic (exact) mass is 251 g/mol. The molecule has 18 heavy (non-hydrogen) atoms. The fraction of sp³-hybridized carbons (Fsp3) is 0.0769. The van der Waals surface area contributed by atoms with Crippen molar-refractivity contribution in [1.82, 2.24) is 0 Å². The van der Waals surface area contributed by atoms with Gasteiger partial charge in [0.15, 0.2) is 0 Å². The van der Waals surface area contributed by atoms with Crippen LogP contribution >= 0.6 is 0 Å². The molecule has 5 heteroatoms. The van der Waals surface area contributed by atoms with Gasteiger partial charge in [0.2, 0.25) is 0 Å². The van der Waals surface area contributed by atoms with Crippen LogP contribution in [0, 0.1) is 11.6 Å². The zero-order valence-corrected chi connectivity index (χ0v) is 9.61. The lowest BCUT2D eigenvalue weighted by molar-refractivity contribution is 0.410. The smallest absolute Gasteiger partial charge is 0.145 e. The van der Waals surface area contributed by atoms with E-state index in [0.29, 0.717) is 17.2 Å². The van der Waals surface area contributed by atoms with Gasteiger partial charge in [-0.15, -0.1) is 0 Å². The van der Waals surface area contributed by atoms with Gasteiger partial charge in [0, 0.05) is 24.3 Å². The van der Waals surface area contributed by atoms with Crippen LogP contribution in [-0.2, 0) is 0 Å². The molecule has 0 amide bonds. The maximum absolute atomic E-state index is 13.0. The number of halogens is 2. The van der Waals surface area contributed by atoms with Gasteiger partial charge < -0.3 is 15.2 Å². The normalized spacial score (nSPS) is 10.2. The number of benzene rings is 2. The number of nitrogen functional groups attached to an aromatic ring is 1. The third-order valence-electron chi connectivity index (χ3n) is 2.28. The van der Waals surface area contributed by atoms with Crippen molar-refractivity contribution in [1.29, 1.82) is 0 Å². The topological polar surface area (TPSA) is 44.5 Å². The second kappa shape index (κ2) is 4.91. The predicted molar refractivity (Wildman–Crippen MR) is 63.8 cm³/mol. The van der Waals surface area contributed by atoms with Crippen molar-refractivity contribution in [3.63, 3.8) is 0 Å². The summed E-state index contributed by atoms with van der Waals surface area (Å²) in [5.41, 5.74) is 6.09. The molecule has 2 aromatic carbocycles. The molecule has 0 radical (unpaired) electrons. The van der Waals surface area contributed by atoms with Crippen LogP contribution in [0.2, 0.25) is 0 Å². The van der Waals surface area contributed by atoms with E-state index in [4.69, 9.17) is 15.2 Å². The van der Waals surface area contributed by atoms with Crippen LogP contribution in [0.5, 0.6) is 17.2 Å². The van der Waals surface area contributed by atoms with Crippen LogP contribution in [-0.4, -0.2) is 7.11 Å². The Hall–Kier alpha value is -2.30. The molecule has 94 valence electrons. The Morgan fingerprint density at radius 2 is 1.61 bits per heavy atom. The summed E-state index contributed by atoms with van der Waals surface area (Å²) in [4.78, 5) is 0. The highest BCUT2D eigenvalue weighted by atomic mass is 19.1. The molecule has 2 aromatic rings. The molecule has 0 fully saturated rings. The zero-order valence-electron chi connectivity index (χ0n) is 9.61. The summed E-state index contributed by atoms with van der Waals surface area (Å²) in [6.45, 7) is 0. The second-order valence-corrected chi connectivity index (χ2v) is 3.61. The molecule has 0 aliphatic carbocycles. The molecule has 0 atom stereocenters. The van der Waals surface area contributed by atoms with Crippen LogP contribution in [0.15, 0.2) is 36.4 Å². The van der Waals surface area contributed by atoms with E-state index in [0.717, 1.165) is 18.2 Å². The molecule has 0 unspecified atom stereocenters. The van der Waals surface area contributed by atoms with E-state index in [-0.39, 0.29) is 5.75 Å². The number of rotatable bonds is 3. The Labute approximate surface area is 103 Å². The number of ether oxygens (including phenoxy) is 2. The molecule has 0 bridgehead atoms. The van der Waals surface area contributed by atoms with Gasteiger partial charge in [-0.05, 0) is 12.1 Å². The summed E-state index contributed by atoms with van der Waals surface area (Å²) in [5, 5.41) is 0. The lowest BCUT2D eigenvalue weighted by Crippen LogP contribution is -1.93. The SMILES string of the molecule is COc1cc(Oc2cc(F)cc(F)c2)ccc1N. The van der Waals surface area contributed by atoms with E-state index in [2.05, 4.69) is 0 Å². The van der Waals surface area contributed by atoms with Crippen molar-refractivity contribution in [2.24, 2.45) is 0 Å². The highest BCUT2D eigenvalue weighted by Gasteiger charge is 2.05. The minimum atomic E-state index is -0.701. The molecule has 3 nitrogen and oxygen atoms in total. The maximum Gasteiger partial charge on any atom is 0.145 e. The first kappa shape index (κ1) is 12.2. The average Bonchev–Trinajstić information content (AvgIpc) is 2.30. The van der Waals surface area contributed by atoms with Crippen molar-refractivity contribution >= 4 is 5.69 Å². The molecule has 0 aliphatic heterocycles. The summed E-state index contributed by atoms with van der Waals surface area (Å²) in [6.07, 6.45) is 0. The molecule has 0 spiro atoms. The van der Waals surface area contributed by atoms with Crippen LogP contribution in [0.4, 0.5) is 14.5 Å². The summed E-state index contributed by atoms with van der Waals surface area (Å²) >= 11 is 0. The highest BCUT2D eigenvalue weighted by molar-refractivity contribution is 5.56. The van der Waals surface area contributed by atoms with Gasteiger partial charge in [-0.2, -0.15) is 0 Å². The molecule has 2 rings (SSSR count). The van der Waals surface area contributed by atoms with E-state index in [9.17, 15) is 8.78 Å². The van der Waals surface area contributed by atoms with Crippen molar-refractivity contribution in [3.8, 4) is 17.2 Å². The lowest BCUT2D eigenvalue weighted by Gasteiger charge is -2.09. The van der Waals surface area contributed by atoms with Gasteiger partial charge in [-0.3, -0.25) is 0 Å². The first-order chi connectivity index (χ1) is 8.58. The largest absolute Gasteiger partial charge is 0.494 e. The fourth-order valence-electron chi connectivity index (χ4n) is 1.48. The Bertz CT molecular complexity index is 553. The number of hydrogen-bond donors (Lipinski definition) is 1. The van der Waals surface area contributed by atoms with Gasteiger partial charge in [0.1, 0.15) is 28.9 Å². The van der Waals surface area contributed by atoms with E-state index in [1.807, 2.05) is 0 Å². The van der Waals surface area contributed by atoms with E-state index >= 15 is 0 Å². The van der Waals surface area contributed by atoms with Gasteiger partial charge in [0.05, 0.1) is 12.8 Å². The molecule has 2 N–H and O–H groups in total. The quantitative estimate of drug-likeness (QED) is 0.851. The third-order valence-corrected chi connectivity index (χ3v) is 2.28. The Morgan fingerprint density at radius 1 is 0.944 bits per heavy atom. The number of hydrogen-bond acceptors (Lipinski definition) is 3. The van der Waals surface area contributed by atoms with Crippen LogP contribution in [0.25, 0.3) is 0 Å². The zero-order chi connectivity index (χ0) is 13.1. The summed E-state index contributed by atoms with van der Waals surface area (Å²) in [5.74, 6) is -0.519. The Kier molecular flexibility index (Phi) is 3.32. The van der Waals surface area contributed by atoms with E-state index < -0.39 is 11.6 Å². The molecule has 0 aliphatic rings. The molecule has 0 heterocycles. The summed E-state index contributed by atoms with van der Waals surface area (Å²) in [7, 11) is 1.47. The van der Waals surface area contributed by atoms with E-state index in [1.54, 1.807) is 12.1 Å². The molecular formula is C13H11F2NO2. The molecule has 0 saturated heterocycles. The van der Waals surface area contributed by atoms with Gasteiger partial charge >= 0.3 is 0 Å². The minimum Gasteiger partial charge on any atom is -0.494 e. The Morgan fingerprint density at radius 3 is 2.22 bits per heavy atom. The molecule has 0 saturated carbocycles. The van der Waals surface area contributed by atoms with Crippen LogP contribution in [0.3, 0.4) is 0 Å². The van der Waals surface area contributed by atoms with Crippen LogP contribution < -0.4 is 15.2 Å². The second-order valence-electron chi connectivity index (χ2n) is 3.61. The van der Waals surface area contributed by atoms with Gasteiger partial charge in [0.25, 0.3) is 0 Å². The van der Waals surface area contributed by atoms with Gasteiger partial charge in [-0.1, -0.05) is 0 Å². The summed E-state index contributed by atoms with van der Waals surface area (Å²) in [6, 6.07) is 7.66. The number of nitrogens with two attached hydrogens (primary N) is 1. The first-order valence-corrected chi connectivity index (χ1v) is 5.16. The predicted octanol–water partition coefficient (Wildman–Crippen LogP) is 3.35. The summed E-state index contributed by atoms with van der Waals surface area (Å²) < 4.78 is 36.3. The standard InChI is InChI=1S/C13H11F2NO2/c1-17-13-7-10(2-3-12(13)16)18-11-5-8(14)4-9(15)6-11/h2-7H,16H2,1H3.